The number of anilines is 1. The van der Waals surface area contributed by atoms with Crippen LogP contribution in [0.5, 0.6) is 0 Å². The molecule has 7 nitrogen and oxygen atoms in total. The molecule has 1 N–H and O–H groups in total. The van der Waals surface area contributed by atoms with E-state index in [0.29, 0.717) is 29.1 Å². The van der Waals surface area contributed by atoms with Gasteiger partial charge in [-0.2, -0.15) is 13.7 Å². The van der Waals surface area contributed by atoms with Crippen molar-refractivity contribution in [1.29, 1.82) is 5.26 Å². The largest absolute Gasteiger partial charge is 0.362 e. The van der Waals surface area contributed by atoms with Crippen LogP contribution in [0, 0.1) is 11.3 Å². The molecule has 0 bridgehead atoms. The van der Waals surface area contributed by atoms with Gasteiger partial charge in [0.15, 0.2) is 0 Å². The van der Waals surface area contributed by atoms with Crippen molar-refractivity contribution in [3.8, 4) is 6.07 Å². The summed E-state index contributed by atoms with van der Waals surface area (Å²) in [5.74, 6) is 0.219. The van der Waals surface area contributed by atoms with E-state index in [9.17, 15) is 13.2 Å². The number of sulfonamides is 1. The van der Waals surface area contributed by atoms with Crippen LogP contribution >= 0.6 is 0 Å². The van der Waals surface area contributed by atoms with E-state index >= 15 is 0 Å². The van der Waals surface area contributed by atoms with E-state index in [2.05, 4.69) is 9.71 Å². The van der Waals surface area contributed by atoms with Crippen LogP contribution in [0.25, 0.3) is 0 Å². The van der Waals surface area contributed by atoms with Crippen molar-refractivity contribution in [2.24, 2.45) is 4.40 Å². The van der Waals surface area contributed by atoms with Gasteiger partial charge in [0.2, 0.25) is 0 Å². The molecule has 138 valence electrons. The zero-order valence-electron chi connectivity index (χ0n) is 14.7. The van der Waals surface area contributed by atoms with E-state index < -0.39 is 10.0 Å². The topological polar surface area (TPSA) is 103 Å². The molecule has 8 heteroatoms. The predicted molar refractivity (Wildman–Crippen MR) is 102 cm³/mol. The van der Waals surface area contributed by atoms with Gasteiger partial charge < -0.3 is 10.2 Å². The second kappa shape index (κ2) is 7.60. The van der Waals surface area contributed by atoms with Crippen LogP contribution in [-0.2, 0) is 10.0 Å². The molecule has 3 rings (SSSR count). The fraction of sp³-hybridized carbons (Fsp3) is 0.211. The molecule has 0 aromatic heterocycles. The molecule has 0 unspecified atom stereocenters. The Morgan fingerprint density at radius 2 is 1.81 bits per heavy atom. The van der Waals surface area contributed by atoms with Gasteiger partial charge in [-0.3, -0.25) is 4.79 Å². The van der Waals surface area contributed by atoms with E-state index in [4.69, 9.17) is 5.26 Å². The molecule has 1 aliphatic heterocycles. The minimum atomic E-state index is -3.78. The predicted octanol–water partition coefficient (Wildman–Crippen LogP) is 2.62. The van der Waals surface area contributed by atoms with E-state index in [-0.39, 0.29) is 10.8 Å². The number of nitrogens with one attached hydrogen (secondary N) is 1. The Labute approximate surface area is 158 Å². The second-order valence-electron chi connectivity index (χ2n) is 6.18. The van der Waals surface area contributed by atoms with Crippen molar-refractivity contribution in [3.05, 3.63) is 59.7 Å². The number of amides is 1. The van der Waals surface area contributed by atoms with E-state index in [0.717, 1.165) is 13.0 Å². The number of benzene rings is 2. The van der Waals surface area contributed by atoms with Gasteiger partial charge in [0.25, 0.3) is 15.9 Å². The molecule has 2 aromatic carbocycles. The summed E-state index contributed by atoms with van der Waals surface area (Å²) in [6.45, 7) is 0.800. The van der Waals surface area contributed by atoms with Crippen LogP contribution < -0.4 is 5.32 Å². The Hall–Kier alpha value is -3.18. The Morgan fingerprint density at radius 3 is 2.37 bits per heavy atom. The molecule has 2 aromatic rings. The summed E-state index contributed by atoms with van der Waals surface area (Å²) in [7, 11) is -1.96. The average molecular weight is 382 g/mol. The summed E-state index contributed by atoms with van der Waals surface area (Å²) in [6.07, 6.45) is 1.54. The SMILES string of the molecule is CN1CCCC1=NS(=O)(=O)c1ccc(NC(=O)c2ccc(C#N)cc2)cc1. The summed E-state index contributed by atoms with van der Waals surface area (Å²) in [4.78, 5) is 14.1. The van der Waals surface area contributed by atoms with Gasteiger partial charge in [-0.05, 0) is 55.0 Å². The third-order valence-electron chi connectivity index (χ3n) is 4.25. The average Bonchev–Trinajstić information content (AvgIpc) is 3.06. The minimum Gasteiger partial charge on any atom is -0.362 e. The zero-order chi connectivity index (χ0) is 19.4. The Bertz CT molecular complexity index is 1020. The standard InChI is InChI=1S/C19H18N4O3S/c1-23-12-2-3-18(23)22-27(25,26)17-10-8-16(9-11-17)21-19(24)15-6-4-14(13-20)5-7-15/h4-11H,2-3,12H2,1H3,(H,21,24). The van der Waals surface area contributed by atoms with Gasteiger partial charge in [0, 0.05) is 31.3 Å². The summed E-state index contributed by atoms with van der Waals surface area (Å²) in [5.41, 5.74) is 1.34. The van der Waals surface area contributed by atoms with Crippen molar-refractivity contribution in [3.63, 3.8) is 0 Å². The zero-order valence-corrected chi connectivity index (χ0v) is 15.5. The maximum absolute atomic E-state index is 12.4. The normalized spacial score (nSPS) is 15.6. The first kappa shape index (κ1) is 18.6. The highest BCUT2D eigenvalue weighted by molar-refractivity contribution is 7.90. The van der Waals surface area contributed by atoms with Crippen LogP contribution in [0.3, 0.4) is 0 Å². The van der Waals surface area contributed by atoms with Gasteiger partial charge in [0.05, 0.1) is 16.5 Å². The van der Waals surface area contributed by atoms with E-state index in [1.807, 2.05) is 18.0 Å². The first-order valence-electron chi connectivity index (χ1n) is 8.35. The second-order valence-corrected chi connectivity index (χ2v) is 7.78. The molecule has 0 atom stereocenters. The smallest absolute Gasteiger partial charge is 0.283 e. The van der Waals surface area contributed by atoms with Crippen LogP contribution in [0.4, 0.5) is 5.69 Å². The number of nitrogens with zero attached hydrogens (tertiary/aromatic N) is 3. The van der Waals surface area contributed by atoms with Crippen molar-refractivity contribution in [2.75, 3.05) is 18.9 Å². The number of carbonyl (C=O) groups excluding carboxylic acids is 1. The van der Waals surface area contributed by atoms with Gasteiger partial charge in [-0.25, -0.2) is 0 Å². The van der Waals surface area contributed by atoms with Crippen molar-refractivity contribution in [2.45, 2.75) is 17.7 Å². The van der Waals surface area contributed by atoms with Gasteiger partial charge in [0.1, 0.15) is 5.84 Å². The lowest BCUT2D eigenvalue weighted by Gasteiger charge is -2.11. The van der Waals surface area contributed by atoms with Crippen molar-refractivity contribution in [1.82, 2.24) is 4.90 Å². The molecule has 0 radical (unpaired) electrons. The molecule has 0 saturated carbocycles. The van der Waals surface area contributed by atoms with E-state index in [1.54, 1.807) is 24.3 Å². The van der Waals surface area contributed by atoms with Crippen molar-refractivity contribution < 1.29 is 13.2 Å². The number of hydrogen-bond donors (Lipinski definition) is 1. The molecule has 1 saturated heterocycles. The third kappa shape index (κ3) is 4.33. The Morgan fingerprint density at radius 1 is 1.15 bits per heavy atom. The number of amidine groups is 1. The van der Waals surface area contributed by atoms with Gasteiger partial charge in [-0.15, -0.1) is 4.40 Å². The molecule has 0 spiro atoms. The lowest BCUT2D eigenvalue weighted by Crippen LogP contribution is -2.20. The highest BCUT2D eigenvalue weighted by Crippen LogP contribution is 2.19. The number of likely N-dealkylation sites (tertiary alicyclic amines) is 1. The van der Waals surface area contributed by atoms with Gasteiger partial charge >= 0.3 is 0 Å². The lowest BCUT2D eigenvalue weighted by atomic mass is 10.1. The lowest BCUT2D eigenvalue weighted by molar-refractivity contribution is 0.102. The van der Waals surface area contributed by atoms with Crippen LogP contribution in [0.2, 0.25) is 0 Å². The first-order valence-corrected chi connectivity index (χ1v) is 9.79. The number of nitriles is 1. The molecular formula is C19H18N4O3S. The van der Waals surface area contributed by atoms with Crippen LogP contribution in [-0.4, -0.2) is 38.7 Å². The van der Waals surface area contributed by atoms with Crippen molar-refractivity contribution >= 4 is 27.5 Å². The molecule has 1 fully saturated rings. The maximum Gasteiger partial charge on any atom is 0.283 e. The molecular weight excluding hydrogens is 364 g/mol. The Balaban J connectivity index is 1.73. The fourth-order valence-corrected chi connectivity index (χ4v) is 3.80. The highest BCUT2D eigenvalue weighted by atomic mass is 32.2. The minimum absolute atomic E-state index is 0.0756. The maximum atomic E-state index is 12.4. The summed E-state index contributed by atoms with van der Waals surface area (Å²) < 4.78 is 28.8. The Kier molecular flexibility index (Phi) is 5.23. The molecule has 1 aliphatic rings. The van der Waals surface area contributed by atoms with Crippen LogP contribution in [0.1, 0.15) is 28.8 Å². The number of hydrogen-bond acceptors (Lipinski definition) is 4. The monoisotopic (exact) mass is 382 g/mol. The summed E-state index contributed by atoms with van der Waals surface area (Å²) in [6, 6.07) is 14.1. The summed E-state index contributed by atoms with van der Waals surface area (Å²) in [5, 5.41) is 11.5. The van der Waals surface area contributed by atoms with E-state index in [1.165, 1.54) is 24.3 Å². The van der Waals surface area contributed by atoms with Gasteiger partial charge in [-0.1, -0.05) is 0 Å². The summed E-state index contributed by atoms with van der Waals surface area (Å²) >= 11 is 0. The molecule has 1 heterocycles. The number of rotatable bonds is 4. The number of carbonyl (C=O) groups is 1. The molecule has 1 amide bonds. The molecule has 0 aliphatic carbocycles. The fourth-order valence-electron chi connectivity index (χ4n) is 2.71. The molecule has 27 heavy (non-hydrogen) atoms. The first-order chi connectivity index (χ1) is 12.9. The van der Waals surface area contributed by atoms with Crippen LogP contribution in [0.15, 0.2) is 57.8 Å². The third-order valence-corrected chi connectivity index (χ3v) is 5.57. The highest BCUT2D eigenvalue weighted by Gasteiger charge is 2.20. The quantitative estimate of drug-likeness (QED) is 0.876.